The molecule has 21 heavy (non-hydrogen) atoms. The minimum atomic E-state index is -0.952. The lowest BCUT2D eigenvalue weighted by Gasteiger charge is -2.12. The van der Waals surface area contributed by atoms with Gasteiger partial charge in [0.25, 0.3) is 0 Å². The van der Waals surface area contributed by atoms with E-state index in [9.17, 15) is 4.79 Å². The predicted octanol–water partition coefficient (Wildman–Crippen LogP) is 4.55. The molecule has 0 amide bonds. The Kier molecular flexibility index (Phi) is 7.59. The van der Waals surface area contributed by atoms with Gasteiger partial charge in [-0.2, -0.15) is 0 Å². The molecule has 0 bridgehead atoms. The third kappa shape index (κ3) is 6.03. The highest BCUT2D eigenvalue weighted by Gasteiger charge is 2.05. The number of ether oxygens (including phenoxy) is 1. The molecule has 1 aromatic rings. The summed E-state index contributed by atoms with van der Waals surface area (Å²) in [7, 11) is 1.61. The molecule has 0 spiro atoms. The molecule has 0 fully saturated rings. The molecule has 0 saturated carbocycles. The van der Waals surface area contributed by atoms with Gasteiger partial charge in [0.2, 0.25) is 0 Å². The van der Waals surface area contributed by atoms with Crippen LogP contribution in [0.2, 0.25) is 0 Å². The Labute approximate surface area is 127 Å². The van der Waals surface area contributed by atoms with E-state index in [2.05, 4.69) is 19.9 Å². The first-order valence-electron chi connectivity index (χ1n) is 7.68. The summed E-state index contributed by atoms with van der Waals surface area (Å²) in [5.74, 6) is 0.600. The number of carboxylic acid groups (broad SMARTS) is 1. The topological polar surface area (TPSA) is 46.5 Å². The molecule has 0 aromatic heterocycles. The van der Waals surface area contributed by atoms with Crippen LogP contribution in [0.25, 0.3) is 6.08 Å². The molecule has 3 heteroatoms. The number of methoxy groups -OCH3 is 1. The Morgan fingerprint density at radius 2 is 2.05 bits per heavy atom. The van der Waals surface area contributed by atoms with Gasteiger partial charge in [0, 0.05) is 11.6 Å². The van der Waals surface area contributed by atoms with E-state index in [1.807, 2.05) is 12.1 Å². The second-order valence-corrected chi connectivity index (χ2v) is 5.32. The van der Waals surface area contributed by atoms with Crippen LogP contribution in [-0.4, -0.2) is 18.2 Å². The van der Waals surface area contributed by atoms with Gasteiger partial charge in [-0.15, -0.1) is 0 Å². The Bertz CT molecular complexity index is 473. The highest BCUT2D eigenvalue weighted by Crippen LogP contribution is 2.23. The highest BCUT2D eigenvalue weighted by molar-refractivity contribution is 5.85. The maximum atomic E-state index is 10.6. The number of rotatable bonds is 9. The van der Waals surface area contributed by atoms with E-state index in [1.165, 1.54) is 31.2 Å². The van der Waals surface area contributed by atoms with Crippen molar-refractivity contribution in [1.29, 1.82) is 0 Å². The number of benzene rings is 1. The Hall–Kier alpha value is -1.77. The number of carboxylic acids is 1. The lowest BCUT2D eigenvalue weighted by molar-refractivity contribution is -0.131. The van der Waals surface area contributed by atoms with E-state index in [1.54, 1.807) is 13.2 Å². The van der Waals surface area contributed by atoms with E-state index in [0.717, 1.165) is 29.7 Å². The Morgan fingerprint density at radius 1 is 1.33 bits per heavy atom. The minimum absolute atomic E-state index is 0.729. The molecular weight excluding hydrogens is 264 g/mol. The van der Waals surface area contributed by atoms with Gasteiger partial charge in [-0.1, -0.05) is 45.2 Å². The van der Waals surface area contributed by atoms with Crippen LogP contribution in [0.1, 0.15) is 50.7 Å². The molecule has 1 aromatic carbocycles. The summed E-state index contributed by atoms with van der Waals surface area (Å²) in [4.78, 5) is 10.6. The number of carbonyl (C=O) groups is 1. The second kappa shape index (κ2) is 9.22. The first-order valence-corrected chi connectivity index (χ1v) is 7.68. The van der Waals surface area contributed by atoms with Crippen LogP contribution in [0, 0.1) is 5.92 Å². The SMILES string of the molecule is CCC(CC)CCCc1ccc(C=CC(=O)O)c(OC)c1. The first kappa shape index (κ1) is 17.3. The molecule has 0 aliphatic heterocycles. The Balaban J connectivity index is 2.67. The third-order valence-corrected chi connectivity index (χ3v) is 3.94. The molecule has 116 valence electrons. The lowest BCUT2D eigenvalue weighted by atomic mass is 9.95. The van der Waals surface area contributed by atoms with E-state index in [0.29, 0.717) is 0 Å². The maximum absolute atomic E-state index is 10.6. The second-order valence-electron chi connectivity index (χ2n) is 5.32. The Morgan fingerprint density at radius 3 is 2.62 bits per heavy atom. The van der Waals surface area contributed by atoms with Crippen LogP contribution in [0.15, 0.2) is 24.3 Å². The third-order valence-electron chi connectivity index (χ3n) is 3.94. The fraction of sp³-hybridized carbons (Fsp3) is 0.500. The number of hydrogen-bond donors (Lipinski definition) is 1. The van der Waals surface area contributed by atoms with Crippen LogP contribution >= 0.6 is 0 Å². The molecule has 0 unspecified atom stereocenters. The zero-order valence-corrected chi connectivity index (χ0v) is 13.3. The minimum Gasteiger partial charge on any atom is -0.496 e. The summed E-state index contributed by atoms with van der Waals surface area (Å²) < 4.78 is 5.34. The number of aryl methyl sites for hydroxylation is 1. The first-order chi connectivity index (χ1) is 10.1. The quantitative estimate of drug-likeness (QED) is 0.678. The van der Waals surface area contributed by atoms with E-state index >= 15 is 0 Å². The normalized spacial score (nSPS) is 11.2. The van der Waals surface area contributed by atoms with Crippen LogP contribution in [0.5, 0.6) is 5.75 Å². The smallest absolute Gasteiger partial charge is 0.328 e. The molecule has 1 rings (SSSR count). The zero-order valence-electron chi connectivity index (χ0n) is 13.3. The van der Waals surface area contributed by atoms with Crippen molar-refractivity contribution in [3.8, 4) is 5.75 Å². The lowest BCUT2D eigenvalue weighted by Crippen LogP contribution is -1.98. The van der Waals surface area contributed by atoms with Crippen molar-refractivity contribution in [2.24, 2.45) is 5.92 Å². The summed E-state index contributed by atoms with van der Waals surface area (Å²) in [6.45, 7) is 4.50. The molecule has 0 aliphatic carbocycles. The van der Waals surface area contributed by atoms with Crippen molar-refractivity contribution < 1.29 is 14.6 Å². The van der Waals surface area contributed by atoms with Crippen molar-refractivity contribution in [2.45, 2.75) is 46.0 Å². The molecular formula is C18H26O3. The summed E-state index contributed by atoms with van der Waals surface area (Å²) in [6.07, 6.45) is 8.67. The summed E-state index contributed by atoms with van der Waals surface area (Å²) in [5.41, 5.74) is 2.04. The van der Waals surface area contributed by atoms with Gasteiger partial charge in [0.05, 0.1) is 7.11 Å². The van der Waals surface area contributed by atoms with Crippen LogP contribution < -0.4 is 4.74 Å². The summed E-state index contributed by atoms with van der Waals surface area (Å²) in [5, 5.41) is 8.68. The number of aliphatic carboxylic acids is 1. The molecule has 3 nitrogen and oxygen atoms in total. The van der Waals surface area contributed by atoms with Crippen LogP contribution in [-0.2, 0) is 11.2 Å². The van der Waals surface area contributed by atoms with Crippen molar-refractivity contribution in [1.82, 2.24) is 0 Å². The average molecular weight is 290 g/mol. The van der Waals surface area contributed by atoms with Gasteiger partial charge in [-0.25, -0.2) is 4.79 Å². The van der Waals surface area contributed by atoms with Crippen molar-refractivity contribution in [3.63, 3.8) is 0 Å². The number of hydrogen-bond acceptors (Lipinski definition) is 2. The molecule has 0 heterocycles. The maximum Gasteiger partial charge on any atom is 0.328 e. The van der Waals surface area contributed by atoms with E-state index in [4.69, 9.17) is 9.84 Å². The van der Waals surface area contributed by atoms with Gasteiger partial charge >= 0.3 is 5.97 Å². The standard InChI is InChI=1S/C18H26O3/c1-4-14(5-2)7-6-8-15-9-10-16(11-12-18(19)20)17(13-15)21-3/h9-14H,4-8H2,1-3H3,(H,19,20). The van der Waals surface area contributed by atoms with Crippen molar-refractivity contribution in [2.75, 3.05) is 7.11 Å². The van der Waals surface area contributed by atoms with Gasteiger partial charge < -0.3 is 9.84 Å². The van der Waals surface area contributed by atoms with Crippen molar-refractivity contribution in [3.05, 3.63) is 35.4 Å². The van der Waals surface area contributed by atoms with Crippen LogP contribution in [0.3, 0.4) is 0 Å². The van der Waals surface area contributed by atoms with Gasteiger partial charge in [0.15, 0.2) is 0 Å². The summed E-state index contributed by atoms with van der Waals surface area (Å²) >= 11 is 0. The zero-order chi connectivity index (χ0) is 15.7. The van der Waals surface area contributed by atoms with Crippen LogP contribution in [0.4, 0.5) is 0 Å². The average Bonchev–Trinajstić information content (AvgIpc) is 2.49. The monoisotopic (exact) mass is 290 g/mol. The summed E-state index contributed by atoms with van der Waals surface area (Å²) in [6, 6.07) is 5.98. The van der Waals surface area contributed by atoms with Gasteiger partial charge in [-0.05, 0) is 36.5 Å². The molecule has 0 atom stereocenters. The van der Waals surface area contributed by atoms with Crippen molar-refractivity contribution >= 4 is 12.0 Å². The fourth-order valence-corrected chi connectivity index (χ4v) is 2.50. The predicted molar refractivity (Wildman–Crippen MR) is 86.7 cm³/mol. The largest absolute Gasteiger partial charge is 0.496 e. The highest BCUT2D eigenvalue weighted by atomic mass is 16.5. The molecule has 1 N–H and O–H groups in total. The molecule has 0 saturated heterocycles. The fourth-order valence-electron chi connectivity index (χ4n) is 2.50. The van der Waals surface area contributed by atoms with E-state index < -0.39 is 5.97 Å². The van der Waals surface area contributed by atoms with Gasteiger partial charge in [0.1, 0.15) is 5.75 Å². The van der Waals surface area contributed by atoms with Gasteiger partial charge in [-0.3, -0.25) is 0 Å². The molecule has 0 aliphatic rings. The molecule has 0 radical (unpaired) electrons. The van der Waals surface area contributed by atoms with E-state index in [-0.39, 0.29) is 0 Å².